The maximum absolute atomic E-state index is 12.5. The van der Waals surface area contributed by atoms with Crippen molar-refractivity contribution in [3.05, 3.63) is 71.8 Å². The van der Waals surface area contributed by atoms with Gasteiger partial charge < -0.3 is 11.1 Å². The van der Waals surface area contributed by atoms with Crippen LogP contribution >= 0.6 is 0 Å². The SMILES string of the molecule is CC(CNC(=O)[C@H]1CC[C@@H](N)C1)(c1ccccc1)c1ccccc1. The Labute approximate surface area is 144 Å². The highest BCUT2D eigenvalue weighted by Crippen LogP contribution is 2.32. The van der Waals surface area contributed by atoms with Gasteiger partial charge in [0.25, 0.3) is 0 Å². The average Bonchev–Trinajstić information content (AvgIpc) is 3.07. The van der Waals surface area contributed by atoms with E-state index in [1.165, 1.54) is 11.1 Å². The van der Waals surface area contributed by atoms with Gasteiger partial charge >= 0.3 is 0 Å². The zero-order chi connectivity index (χ0) is 17.0. The molecule has 3 N–H and O–H groups in total. The number of carbonyl (C=O) groups excluding carboxylic acids is 1. The maximum Gasteiger partial charge on any atom is 0.223 e. The molecule has 0 bridgehead atoms. The highest BCUT2D eigenvalue weighted by atomic mass is 16.1. The van der Waals surface area contributed by atoms with Gasteiger partial charge in [0.1, 0.15) is 0 Å². The molecule has 24 heavy (non-hydrogen) atoms. The number of hydrogen-bond donors (Lipinski definition) is 2. The summed E-state index contributed by atoms with van der Waals surface area (Å²) in [5, 5.41) is 3.19. The lowest BCUT2D eigenvalue weighted by Crippen LogP contribution is -2.41. The monoisotopic (exact) mass is 322 g/mol. The molecule has 0 aliphatic heterocycles. The molecule has 2 aromatic rings. The van der Waals surface area contributed by atoms with Crippen LogP contribution in [-0.2, 0) is 10.2 Å². The number of amides is 1. The second-order valence-corrected chi connectivity index (χ2v) is 7.05. The Morgan fingerprint density at radius 1 is 1.04 bits per heavy atom. The van der Waals surface area contributed by atoms with Crippen molar-refractivity contribution >= 4 is 5.91 Å². The quantitative estimate of drug-likeness (QED) is 0.888. The van der Waals surface area contributed by atoms with Crippen LogP contribution in [0.4, 0.5) is 0 Å². The van der Waals surface area contributed by atoms with E-state index in [0.717, 1.165) is 19.3 Å². The molecule has 2 aromatic carbocycles. The minimum Gasteiger partial charge on any atom is -0.355 e. The van der Waals surface area contributed by atoms with Crippen LogP contribution in [0.5, 0.6) is 0 Å². The molecule has 1 aliphatic rings. The molecule has 3 rings (SSSR count). The van der Waals surface area contributed by atoms with Gasteiger partial charge in [-0.15, -0.1) is 0 Å². The highest BCUT2D eigenvalue weighted by molar-refractivity contribution is 5.79. The van der Waals surface area contributed by atoms with Crippen molar-refractivity contribution in [2.45, 2.75) is 37.6 Å². The second-order valence-electron chi connectivity index (χ2n) is 7.05. The summed E-state index contributed by atoms with van der Waals surface area (Å²) in [7, 11) is 0. The van der Waals surface area contributed by atoms with E-state index in [9.17, 15) is 4.79 Å². The van der Waals surface area contributed by atoms with E-state index >= 15 is 0 Å². The number of carbonyl (C=O) groups is 1. The number of benzene rings is 2. The van der Waals surface area contributed by atoms with Crippen molar-refractivity contribution in [2.75, 3.05) is 6.54 Å². The Morgan fingerprint density at radius 3 is 2.04 bits per heavy atom. The topological polar surface area (TPSA) is 55.1 Å². The van der Waals surface area contributed by atoms with Gasteiger partial charge in [0.15, 0.2) is 0 Å². The zero-order valence-corrected chi connectivity index (χ0v) is 14.2. The molecule has 0 aromatic heterocycles. The first-order valence-electron chi connectivity index (χ1n) is 8.74. The summed E-state index contributed by atoms with van der Waals surface area (Å²) in [6, 6.07) is 20.9. The summed E-state index contributed by atoms with van der Waals surface area (Å²) in [5.41, 5.74) is 8.11. The van der Waals surface area contributed by atoms with Gasteiger partial charge in [0, 0.05) is 23.9 Å². The van der Waals surface area contributed by atoms with Gasteiger partial charge in [0.2, 0.25) is 5.91 Å². The van der Waals surface area contributed by atoms with E-state index < -0.39 is 0 Å². The third kappa shape index (κ3) is 3.51. The molecular formula is C21H26N2O. The molecule has 1 aliphatic carbocycles. The smallest absolute Gasteiger partial charge is 0.223 e. The molecule has 1 fully saturated rings. The second kappa shape index (κ2) is 7.18. The van der Waals surface area contributed by atoms with Gasteiger partial charge in [-0.25, -0.2) is 0 Å². The summed E-state index contributed by atoms with van der Waals surface area (Å²) >= 11 is 0. The van der Waals surface area contributed by atoms with Crippen molar-refractivity contribution in [1.82, 2.24) is 5.32 Å². The average molecular weight is 322 g/mol. The maximum atomic E-state index is 12.5. The van der Waals surface area contributed by atoms with E-state index in [1.54, 1.807) is 0 Å². The first kappa shape index (κ1) is 16.7. The number of nitrogens with one attached hydrogen (secondary N) is 1. The fourth-order valence-electron chi connectivity index (χ4n) is 3.65. The largest absolute Gasteiger partial charge is 0.355 e. The Balaban J connectivity index is 1.80. The third-order valence-electron chi connectivity index (χ3n) is 5.28. The third-order valence-corrected chi connectivity index (χ3v) is 5.28. The van der Waals surface area contributed by atoms with Crippen LogP contribution in [0.2, 0.25) is 0 Å². The van der Waals surface area contributed by atoms with Crippen LogP contribution in [0.15, 0.2) is 60.7 Å². The van der Waals surface area contributed by atoms with E-state index in [0.29, 0.717) is 6.54 Å². The Bertz CT molecular complexity index is 629. The van der Waals surface area contributed by atoms with Gasteiger partial charge in [-0.3, -0.25) is 4.79 Å². The lowest BCUT2D eigenvalue weighted by molar-refractivity contribution is -0.125. The van der Waals surface area contributed by atoms with Crippen LogP contribution in [0.1, 0.15) is 37.3 Å². The Morgan fingerprint density at radius 2 is 1.58 bits per heavy atom. The summed E-state index contributed by atoms with van der Waals surface area (Å²) in [4.78, 5) is 12.5. The standard InChI is InChI=1S/C21H26N2O/c1-21(17-8-4-2-5-9-17,18-10-6-3-7-11-18)15-23-20(24)16-12-13-19(22)14-16/h2-11,16,19H,12-15,22H2,1H3,(H,23,24)/t16-,19+/m0/s1. The van der Waals surface area contributed by atoms with Crippen molar-refractivity contribution in [1.29, 1.82) is 0 Å². The Hall–Kier alpha value is -2.13. The first-order chi connectivity index (χ1) is 11.6. The number of nitrogens with two attached hydrogens (primary N) is 1. The minimum atomic E-state index is -0.251. The summed E-state index contributed by atoms with van der Waals surface area (Å²) < 4.78 is 0. The normalized spacial score (nSPS) is 20.8. The minimum absolute atomic E-state index is 0.0656. The molecule has 0 unspecified atom stereocenters. The van der Waals surface area contributed by atoms with Crippen molar-refractivity contribution in [2.24, 2.45) is 11.7 Å². The van der Waals surface area contributed by atoms with Crippen molar-refractivity contribution in [3.8, 4) is 0 Å². The van der Waals surface area contributed by atoms with Gasteiger partial charge in [0.05, 0.1) is 0 Å². The molecule has 0 radical (unpaired) electrons. The molecule has 0 spiro atoms. The molecule has 1 amide bonds. The van der Waals surface area contributed by atoms with Crippen molar-refractivity contribution < 1.29 is 4.79 Å². The molecule has 3 nitrogen and oxygen atoms in total. The van der Waals surface area contributed by atoms with Crippen LogP contribution in [0, 0.1) is 5.92 Å². The molecular weight excluding hydrogens is 296 g/mol. The fourth-order valence-corrected chi connectivity index (χ4v) is 3.65. The van der Waals surface area contributed by atoms with Crippen LogP contribution in [0.3, 0.4) is 0 Å². The molecule has 0 saturated heterocycles. The molecule has 0 heterocycles. The van der Waals surface area contributed by atoms with E-state index in [4.69, 9.17) is 5.73 Å². The van der Waals surface area contributed by atoms with Crippen LogP contribution in [-0.4, -0.2) is 18.5 Å². The molecule has 2 atom stereocenters. The Kier molecular flexibility index (Phi) is 5.00. The van der Waals surface area contributed by atoms with Gasteiger partial charge in [-0.2, -0.15) is 0 Å². The summed E-state index contributed by atoms with van der Waals surface area (Å²) in [6.45, 7) is 2.78. The van der Waals surface area contributed by atoms with Crippen LogP contribution < -0.4 is 11.1 Å². The fraction of sp³-hybridized carbons (Fsp3) is 0.381. The molecule has 126 valence electrons. The number of rotatable bonds is 5. The van der Waals surface area contributed by atoms with Gasteiger partial charge in [-0.05, 0) is 37.3 Å². The lowest BCUT2D eigenvalue weighted by atomic mass is 9.76. The summed E-state index contributed by atoms with van der Waals surface area (Å²) in [5.74, 6) is 0.205. The summed E-state index contributed by atoms with van der Waals surface area (Å²) in [6.07, 6.45) is 2.66. The van der Waals surface area contributed by atoms with E-state index in [1.807, 2.05) is 36.4 Å². The van der Waals surface area contributed by atoms with Gasteiger partial charge in [-0.1, -0.05) is 60.7 Å². The highest BCUT2D eigenvalue weighted by Gasteiger charge is 2.32. The zero-order valence-electron chi connectivity index (χ0n) is 14.2. The molecule has 1 saturated carbocycles. The predicted octanol–water partition coefficient (Wildman–Crippen LogP) is 3.24. The van der Waals surface area contributed by atoms with E-state index in [-0.39, 0.29) is 23.3 Å². The van der Waals surface area contributed by atoms with E-state index in [2.05, 4.69) is 36.5 Å². The molecule has 3 heteroatoms. The van der Waals surface area contributed by atoms with Crippen LogP contribution in [0.25, 0.3) is 0 Å². The van der Waals surface area contributed by atoms with Crippen molar-refractivity contribution in [3.63, 3.8) is 0 Å². The lowest BCUT2D eigenvalue weighted by Gasteiger charge is -2.32. The first-order valence-corrected chi connectivity index (χ1v) is 8.74. The number of hydrogen-bond acceptors (Lipinski definition) is 2. The predicted molar refractivity (Wildman–Crippen MR) is 97.7 cm³/mol.